The number of ether oxygens (including phenoxy) is 1. The van der Waals surface area contributed by atoms with Gasteiger partial charge in [-0.1, -0.05) is 29.1 Å². The van der Waals surface area contributed by atoms with Crippen LogP contribution >= 0.6 is 23.2 Å². The molecule has 1 heterocycles. The van der Waals surface area contributed by atoms with Gasteiger partial charge < -0.3 is 4.74 Å². The molecule has 1 aromatic rings. The molecule has 0 radical (unpaired) electrons. The number of carbonyl (C=O) groups is 1. The van der Waals surface area contributed by atoms with Crippen LogP contribution in [0, 0.1) is 11.8 Å². The van der Waals surface area contributed by atoms with Crippen LogP contribution in [0.1, 0.15) is 5.56 Å². The molecule has 0 unspecified atom stereocenters. The molecule has 0 fully saturated rings. The average molecular weight is 230 g/mol. The number of pyridine rings is 1. The van der Waals surface area contributed by atoms with Gasteiger partial charge in [-0.3, -0.25) is 0 Å². The summed E-state index contributed by atoms with van der Waals surface area (Å²) < 4.78 is 4.34. The molecule has 0 bridgehead atoms. The van der Waals surface area contributed by atoms with Crippen LogP contribution in [0.2, 0.25) is 10.3 Å². The van der Waals surface area contributed by atoms with Crippen molar-refractivity contribution < 1.29 is 9.53 Å². The molecule has 0 saturated heterocycles. The Kier molecular flexibility index (Phi) is 3.75. The van der Waals surface area contributed by atoms with E-state index in [1.807, 2.05) is 0 Å². The van der Waals surface area contributed by atoms with Crippen molar-refractivity contribution in [2.45, 2.75) is 0 Å². The normalized spacial score (nSPS) is 8.79. The average Bonchev–Trinajstić information content (AvgIpc) is 2.12. The maximum absolute atomic E-state index is 10.7. The van der Waals surface area contributed by atoms with E-state index in [1.54, 1.807) is 0 Å². The minimum absolute atomic E-state index is 0.228. The van der Waals surface area contributed by atoms with Crippen LogP contribution in [0.25, 0.3) is 0 Å². The largest absolute Gasteiger partial charge is 0.459 e. The Hall–Kier alpha value is -1.24. The summed E-state index contributed by atoms with van der Waals surface area (Å²) in [5.41, 5.74) is 0.514. The third-order valence-corrected chi connectivity index (χ3v) is 1.64. The van der Waals surface area contributed by atoms with Crippen molar-refractivity contribution in [2.24, 2.45) is 0 Å². The second kappa shape index (κ2) is 4.85. The Morgan fingerprint density at radius 3 is 2.50 bits per heavy atom. The minimum Gasteiger partial charge on any atom is -0.459 e. The summed E-state index contributed by atoms with van der Waals surface area (Å²) >= 11 is 11.2. The summed E-state index contributed by atoms with van der Waals surface area (Å²) in [4.78, 5) is 14.4. The van der Waals surface area contributed by atoms with E-state index in [0.717, 1.165) is 0 Å². The molecule has 5 heteroatoms. The topological polar surface area (TPSA) is 39.2 Å². The molecule has 0 saturated carbocycles. The van der Waals surface area contributed by atoms with E-state index >= 15 is 0 Å². The standard InChI is InChI=1S/C9H5Cl2NO2/c1-14-9(13)3-2-6-4-7(10)12-8(11)5-6/h4-5H,1H3. The van der Waals surface area contributed by atoms with Gasteiger partial charge in [0, 0.05) is 11.5 Å². The van der Waals surface area contributed by atoms with E-state index in [-0.39, 0.29) is 10.3 Å². The van der Waals surface area contributed by atoms with Gasteiger partial charge in [-0.05, 0) is 12.1 Å². The van der Waals surface area contributed by atoms with Crippen LogP contribution in [-0.2, 0) is 9.53 Å². The Balaban J connectivity index is 2.95. The fourth-order valence-electron chi connectivity index (χ4n) is 0.711. The molecule has 3 nitrogen and oxygen atoms in total. The van der Waals surface area contributed by atoms with Gasteiger partial charge in [0.1, 0.15) is 10.3 Å². The van der Waals surface area contributed by atoms with Crippen molar-refractivity contribution in [2.75, 3.05) is 7.11 Å². The van der Waals surface area contributed by atoms with E-state index in [1.165, 1.54) is 19.2 Å². The number of esters is 1. The summed E-state index contributed by atoms with van der Waals surface area (Å²) in [6.45, 7) is 0. The molecular formula is C9H5Cl2NO2. The molecule has 14 heavy (non-hydrogen) atoms. The van der Waals surface area contributed by atoms with Crippen LogP contribution in [0.3, 0.4) is 0 Å². The van der Waals surface area contributed by atoms with Crippen molar-refractivity contribution >= 4 is 29.2 Å². The summed E-state index contributed by atoms with van der Waals surface area (Å²) in [6, 6.07) is 3.01. The predicted molar refractivity (Wildman–Crippen MR) is 53.2 cm³/mol. The first kappa shape index (κ1) is 10.8. The van der Waals surface area contributed by atoms with Crippen molar-refractivity contribution in [1.82, 2.24) is 4.98 Å². The number of nitrogens with zero attached hydrogens (tertiary/aromatic N) is 1. The van der Waals surface area contributed by atoms with Crippen molar-refractivity contribution in [3.8, 4) is 11.8 Å². The summed E-state index contributed by atoms with van der Waals surface area (Å²) in [5.74, 6) is 4.17. The third kappa shape index (κ3) is 3.25. The lowest BCUT2D eigenvalue weighted by molar-refractivity contribution is -0.133. The first-order valence-electron chi connectivity index (χ1n) is 3.55. The monoisotopic (exact) mass is 229 g/mol. The maximum atomic E-state index is 10.7. The number of carbonyl (C=O) groups excluding carboxylic acids is 1. The van der Waals surface area contributed by atoms with Crippen LogP contribution in [-0.4, -0.2) is 18.1 Å². The highest BCUT2D eigenvalue weighted by Gasteiger charge is 1.97. The van der Waals surface area contributed by atoms with Gasteiger partial charge in [-0.25, -0.2) is 9.78 Å². The van der Waals surface area contributed by atoms with E-state index in [0.29, 0.717) is 5.56 Å². The molecule has 0 spiro atoms. The van der Waals surface area contributed by atoms with Gasteiger partial charge in [0.05, 0.1) is 7.11 Å². The predicted octanol–water partition coefficient (Wildman–Crippen LogP) is 1.91. The zero-order chi connectivity index (χ0) is 10.6. The van der Waals surface area contributed by atoms with Crippen LogP contribution in [0.15, 0.2) is 12.1 Å². The van der Waals surface area contributed by atoms with Gasteiger partial charge in [0.15, 0.2) is 0 Å². The number of aromatic nitrogens is 1. The Morgan fingerprint density at radius 2 is 2.00 bits per heavy atom. The van der Waals surface area contributed by atoms with Gasteiger partial charge in [0.2, 0.25) is 0 Å². The van der Waals surface area contributed by atoms with Gasteiger partial charge in [-0.2, -0.15) is 0 Å². The highest BCUT2D eigenvalue weighted by Crippen LogP contribution is 2.13. The van der Waals surface area contributed by atoms with Crippen molar-refractivity contribution in [3.63, 3.8) is 0 Å². The quantitative estimate of drug-likeness (QED) is 0.388. The van der Waals surface area contributed by atoms with Crippen molar-refractivity contribution in [3.05, 3.63) is 28.0 Å². The number of hydrogen-bond acceptors (Lipinski definition) is 3. The highest BCUT2D eigenvalue weighted by molar-refractivity contribution is 6.32. The molecule has 0 aliphatic carbocycles. The molecule has 0 aromatic carbocycles. The van der Waals surface area contributed by atoms with E-state index < -0.39 is 5.97 Å². The van der Waals surface area contributed by atoms with Gasteiger partial charge in [-0.15, -0.1) is 0 Å². The van der Waals surface area contributed by atoms with E-state index in [9.17, 15) is 4.79 Å². The lowest BCUT2D eigenvalue weighted by atomic mass is 10.3. The Bertz CT molecular complexity index is 400. The SMILES string of the molecule is COC(=O)C#Cc1cc(Cl)nc(Cl)c1. The molecule has 0 aliphatic heterocycles. The van der Waals surface area contributed by atoms with Crippen LogP contribution in [0.4, 0.5) is 0 Å². The second-order valence-electron chi connectivity index (χ2n) is 2.24. The Labute approximate surface area is 91.0 Å². The number of methoxy groups -OCH3 is 1. The lowest BCUT2D eigenvalue weighted by Crippen LogP contribution is -1.94. The smallest absolute Gasteiger partial charge is 0.384 e. The Morgan fingerprint density at radius 1 is 1.43 bits per heavy atom. The molecule has 1 rings (SSSR count). The fourth-order valence-corrected chi connectivity index (χ4v) is 1.17. The highest BCUT2D eigenvalue weighted by atomic mass is 35.5. The molecule has 0 atom stereocenters. The molecule has 0 N–H and O–H groups in total. The maximum Gasteiger partial charge on any atom is 0.384 e. The fraction of sp³-hybridized carbons (Fsp3) is 0.111. The van der Waals surface area contributed by atoms with Crippen molar-refractivity contribution in [1.29, 1.82) is 0 Å². The molecule has 72 valence electrons. The molecule has 0 aliphatic rings. The number of rotatable bonds is 0. The third-order valence-electron chi connectivity index (χ3n) is 1.26. The summed E-state index contributed by atoms with van der Waals surface area (Å²) in [6.07, 6.45) is 0. The molecular weight excluding hydrogens is 225 g/mol. The van der Waals surface area contributed by atoms with E-state index in [4.69, 9.17) is 23.2 Å². The first-order valence-corrected chi connectivity index (χ1v) is 4.30. The van der Waals surface area contributed by atoms with Gasteiger partial charge >= 0.3 is 5.97 Å². The minimum atomic E-state index is -0.617. The number of hydrogen-bond donors (Lipinski definition) is 0. The first-order chi connectivity index (χ1) is 6.61. The lowest BCUT2D eigenvalue weighted by Gasteiger charge is -1.93. The van der Waals surface area contributed by atoms with Gasteiger partial charge in [0.25, 0.3) is 0 Å². The molecule has 0 amide bonds. The van der Waals surface area contributed by atoms with E-state index in [2.05, 4.69) is 21.6 Å². The number of halogens is 2. The summed E-state index contributed by atoms with van der Waals surface area (Å²) in [5, 5.41) is 0.457. The second-order valence-corrected chi connectivity index (χ2v) is 3.02. The van der Waals surface area contributed by atoms with Crippen LogP contribution in [0.5, 0.6) is 0 Å². The zero-order valence-electron chi connectivity index (χ0n) is 7.17. The van der Waals surface area contributed by atoms with Crippen LogP contribution < -0.4 is 0 Å². The summed E-state index contributed by atoms with van der Waals surface area (Å²) in [7, 11) is 1.25. The zero-order valence-corrected chi connectivity index (χ0v) is 8.69. The molecule has 1 aromatic heterocycles.